The molecule has 0 aliphatic rings. The minimum atomic E-state index is 0.409. The van der Waals surface area contributed by atoms with E-state index < -0.39 is 0 Å². The van der Waals surface area contributed by atoms with Crippen LogP contribution in [0, 0.1) is 6.92 Å². The van der Waals surface area contributed by atoms with Crippen molar-refractivity contribution in [2.45, 2.75) is 27.4 Å². The van der Waals surface area contributed by atoms with E-state index in [4.69, 9.17) is 33.3 Å². The van der Waals surface area contributed by atoms with Gasteiger partial charge in [0.25, 0.3) is 0 Å². The molecular formula is C20H24ClN3O2S. The first-order chi connectivity index (χ1) is 13.0. The highest BCUT2D eigenvalue weighted by molar-refractivity contribution is 7.80. The minimum Gasteiger partial charge on any atom is -0.490 e. The van der Waals surface area contributed by atoms with Gasteiger partial charge in [-0.3, -0.25) is 5.43 Å². The number of hydrazone groups is 1. The van der Waals surface area contributed by atoms with E-state index in [0.717, 1.165) is 17.7 Å². The van der Waals surface area contributed by atoms with E-state index in [9.17, 15) is 0 Å². The number of thiocarbonyl (C=S) groups is 1. The van der Waals surface area contributed by atoms with Crippen LogP contribution in [0.4, 0.5) is 0 Å². The maximum absolute atomic E-state index is 6.43. The number of hydrogen-bond acceptors (Lipinski definition) is 4. The van der Waals surface area contributed by atoms with Crippen LogP contribution >= 0.6 is 23.8 Å². The molecule has 0 aromatic heterocycles. The lowest BCUT2D eigenvalue weighted by atomic mass is 10.1. The highest BCUT2D eigenvalue weighted by atomic mass is 35.5. The minimum absolute atomic E-state index is 0.409. The van der Waals surface area contributed by atoms with Crippen LogP contribution in [0.5, 0.6) is 11.5 Å². The standard InChI is InChI=1S/C20H24ClN3O2S/c1-4-22-20(27)24-23-12-16-10-17(21)19(18(11-16)25-5-2)26-13-15-8-6-14(3)7-9-15/h6-12H,4-5,13H2,1-3H3,(H2,22,24,27)/b23-12-. The molecule has 7 heteroatoms. The molecule has 0 spiro atoms. The Morgan fingerprint density at radius 3 is 2.59 bits per heavy atom. The van der Waals surface area contributed by atoms with Crippen LogP contribution in [0.3, 0.4) is 0 Å². The average Bonchev–Trinajstić information content (AvgIpc) is 2.63. The van der Waals surface area contributed by atoms with Crippen LogP contribution in [0.15, 0.2) is 41.5 Å². The van der Waals surface area contributed by atoms with Crippen LogP contribution < -0.4 is 20.2 Å². The fourth-order valence-electron chi connectivity index (χ4n) is 2.27. The van der Waals surface area contributed by atoms with Gasteiger partial charge in [-0.2, -0.15) is 5.10 Å². The van der Waals surface area contributed by atoms with Crippen LogP contribution in [0.25, 0.3) is 0 Å². The van der Waals surface area contributed by atoms with Crippen molar-refractivity contribution in [1.82, 2.24) is 10.7 Å². The Balaban J connectivity index is 2.13. The summed E-state index contributed by atoms with van der Waals surface area (Å²) in [6.45, 7) is 7.56. The SMILES string of the molecule is CCNC(=S)N/N=C\c1cc(Cl)c(OCc2ccc(C)cc2)c(OCC)c1. The second kappa shape index (κ2) is 10.7. The first-order valence-corrected chi connectivity index (χ1v) is 9.53. The van der Waals surface area contributed by atoms with Gasteiger partial charge in [-0.1, -0.05) is 41.4 Å². The van der Waals surface area contributed by atoms with Gasteiger partial charge in [0, 0.05) is 6.54 Å². The molecule has 0 unspecified atom stereocenters. The predicted molar refractivity (Wildman–Crippen MR) is 115 cm³/mol. The highest BCUT2D eigenvalue weighted by Gasteiger charge is 2.12. The van der Waals surface area contributed by atoms with E-state index >= 15 is 0 Å². The Morgan fingerprint density at radius 2 is 1.93 bits per heavy atom. The van der Waals surface area contributed by atoms with Crippen LogP contribution in [-0.2, 0) is 6.61 Å². The summed E-state index contributed by atoms with van der Waals surface area (Å²) in [5.74, 6) is 1.10. The smallest absolute Gasteiger partial charge is 0.186 e. The van der Waals surface area contributed by atoms with E-state index in [0.29, 0.717) is 34.8 Å². The van der Waals surface area contributed by atoms with Crippen molar-refractivity contribution in [3.8, 4) is 11.5 Å². The summed E-state index contributed by atoms with van der Waals surface area (Å²) in [4.78, 5) is 0. The number of nitrogens with zero attached hydrogens (tertiary/aromatic N) is 1. The Kier molecular flexibility index (Phi) is 8.36. The summed E-state index contributed by atoms with van der Waals surface area (Å²) in [5.41, 5.74) is 5.79. The van der Waals surface area contributed by atoms with Crippen LogP contribution in [-0.4, -0.2) is 24.5 Å². The second-order valence-electron chi connectivity index (χ2n) is 5.77. The van der Waals surface area contributed by atoms with Gasteiger partial charge in [0.15, 0.2) is 16.6 Å². The molecule has 0 aliphatic heterocycles. The topological polar surface area (TPSA) is 54.9 Å². The van der Waals surface area contributed by atoms with E-state index in [1.165, 1.54) is 5.56 Å². The summed E-state index contributed by atoms with van der Waals surface area (Å²) in [7, 11) is 0. The molecule has 0 heterocycles. The Morgan fingerprint density at radius 1 is 1.19 bits per heavy atom. The zero-order chi connectivity index (χ0) is 19.6. The third kappa shape index (κ3) is 6.73. The van der Waals surface area contributed by atoms with Crippen LogP contribution in [0.1, 0.15) is 30.5 Å². The Hall–Kier alpha value is -2.31. The number of hydrogen-bond donors (Lipinski definition) is 2. The van der Waals surface area contributed by atoms with Gasteiger partial charge < -0.3 is 14.8 Å². The number of halogens is 1. The second-order valence-corrected chi connectivity index (χ2v) is 6.58. The van der Waals surface area contributed by atoms with Gasteiger partial charge in [0.05, 0.1) is 17.8 Å². The number of rotatable bonds is 8. The third-order valence-electron chi connectivity index (χ3n) is 3.55. The fraction of sp³-hybridized carbons (Fsp3) is 0.300. The zero-order valence-corrected chi connectivity index (χ0v) is 17.3. The van der Waals surface area contributed by atoms with E-state index in [1.54, 1.807) is 12.3 Å². The third-order valence-corrected chi connectivity index (χ3v) is 4.07. The molecule has 2 rings (SSSR count). The maximum Gasteiger partial charge on any atom is 0.186 e. The van der Waals surface area contributed by atoms with Crippen molar-refractivity contribution in [2.24, 2.45) is 5.10 Å². The van der Waals surface area contributed by atoms with Gasteiger partial charge >= 0.3 is 0 Å². The summed E-state index contributed by atoms with van der Waals surface area (Å²) >= 11 is 11.5. The van der Waals surface area contributed by atoms with Gasteiger partial charge in [-0.15, -0.1) is 0 Å². The molecule has 0 aliphatic carbocycles. The summed E-state index contributed by atoms with van der Waals surface area (Å²) in [6.07, 6.45) is 1.63. The largest absolute Gasteiger partial charge is 0.490 e. The van der Waals surface area contributed by atoms with E-state index in [1.807, 2.05) is 44.2 Å². The number of ether oxygens (including phenoxy) is 2. The van der Waals surface area contributed by atoms with Crippen molar-refractivity contribution < 1.29 is 9.47 Å². The molecular weight excluding hydrogens is 382 g/mol. The van der Waals surface area contributed by atoms with Crippen molar-refractivity contribution in [1.29, 1.82) is 0 Å². The Labute approximate surface area is 170 Å². The van der Waals surface area contributed by atoms with Crippen molar-refractivity contribution in [3.63, 3.8) is 0 Å². The van der Waals surface area contributed by atoms with Crippen molar-refractivity contribution in [3.05, 3.63) is 58.1 Å². The monoisotopic (exact) mass is 405 g/mol. The van der Waals surface area contributed by atoms with Gasteiger partial charge in [-0.05, 0) is 56.2 Å². The molecule has 0 amide bonds. The molecule has 0 saturated carbocycles. The molecule has 0 saturated heterocycles. The predicted octanol–water partition coefficient (Wildman–Crippen LogP) is 4.44. The van der Waals surface area contributed by atoms with E-state index in [-0.39, 0.29) is 0 Å². The quantitative estimate of drug-likeness (QED) is 0.386. The van der Waals surface area contributed by atoms with Gasteiger partial charge in [0.2, 0.25) is 0 Å². The maximum atomic E-state index is 6.43. The molecule has 0 atom stereocenters. The van der Waals surface area contributed by atoms with Gasteiger partial charge in [-0.25, -0.2) is 0 Å². The molecule has 0 bridgehead atoms. The lowest BCUT2D eigenvalue weighted by molar-refractivity contribution is 0.269. The number of aryl methyl sites for hydroxylation is 1. The summed E-state index contributed by atoms with van der Waals surface area (Å²) in [6, 6.07) is 11.8. The number of nitrogens with one attached hydrogen (secondary N) is 2. The van der Waals surface area contributed by atoms with Crippen molar-refractivity contribution >= 4 is 35.1 Å². The van der Waals surface area contributed by atoms with Crippen molar-refractivity contribution in [2.75, 3.05) is 13.2 Å². The average molecular weight is 406 g/mol. The molecule has 144 valence electrons. The molecule has 2 aromatic carbocycles. The first-order valence-electron chi connectivity index (χ1n) is 8.75. The van der Waals surface area contributed by atoms with Gasteiger partial charge in [0.1, 0.15) is 6.61 Å². The zero-order valence-electron chi connectivity index (χ0n) is 15.7. The lowest BCUT2D eigenvalue weighted by Gasteiger charge is -2.14. The molecule has 5 nitrogen and oxygen atoms in total. The molecule has 0 fully saturated rings. The molecule has 2 aromatic rings. The fourth-order valence-corrected chi connectivity index (χ4v) is 2.74. The lowest BCUT2D eigenvalue weighted by Crippen LogP contribution is -2.31. The van der Waals surface area contributed by atoms with E-state index in [2.05, 4.69) is 22.8 Å². The number of benzene rings is 2. The van der Waals surface area contributed by atoms with Crippen LogP contribution in [0.2, 0.25) is 5.02 Å². The summed E-state index contributed by atoms with van der Waals surface area (Å²) in [5, 5.41) is 7.98. The Bertz CT molecular complexity index is 795. The highest BCUT2D eigenvalue weighted by Crippen LogP contribution is 2.37. The normalized spacial score (nSPS) is 10.7. The molecule has 2 N–H and O–H groups in total. The molecule has 0 radical (unpaired) electrons. The first kappa shape index (κ1) is 21.0. The summed E-state index contributed by atoms with van der Waals surface area (Å²) < 4.78 is 11.6. The molecule has 27 heavy (non-hydrogen) atoms.